The van der Waals surface area contributed by atoms with Gasteiger partial charge in [0.2, 0.25) is 0 Å². The van der Waals surface area contributed by atoms with Crippen LogP contribution in [0.4, 0.5) is 24.5 Å². The molecular weight excluding hydrogens is 304 g/mol. The lowest BCUT2D eigenvalue weighted by Gasteiger charge is -2.17. The molecule has 0 saturated carbocycles. The molecule has 11 heteroatoms. The number of nitro groups is 1. The summed E-state index contributed by atoms with van der Waals surface area (Å²) in [6, 6.07) is 1.64. The summed E-state index contributed by atoms with van der Waals surface area (Å²) in [5.74, 6) is -1.47. The summed E-state index contributed by atoms with van der Waals surface area (Å²) in [6.45, 7) is 1.06. The van der Waals surface area contributed by atoms with E-state index in [1.165, 1.54) is 0 Å². The molecular formula is C9H10F3N2O5P. The van der Waals surface area contributed by atoms with Crippen molar-refractivity contribution in [1.82, 2.24) is 0 Å². The molecule has 1 unspecified atom stereocenters. The van der Waals surface area contributed by atoms with Crippen molar-refractivity contribution in [1.29, 1.82) is 0 Å². The summed E-state index contributed by atoms with van der Waals surface area (Å²) < 4.78 is 48.3. The van der Waals surface area contributed by atoms with Gasteiger partial charge < -0.3 is 15.1 Å². The SMILES string of the molecule is CC(Nc1ccc(C(F)(F)F)cc1[N+](=O)[O-])P(=O)(O)O. The maximum absolute atomic E-state index is 12.4. The van der Waals surface area contributed by atoms with Crippen molar-refractivity contribution in [2.24, 2.45) is 0 Å². The molecule has 0 aliphatic carbocycles. The molecule has 7 nitrogen and oxygen atoms in total. The monoisotopic (exact) mass is 314 g/mol. The minimum Gasteiger partial charge on any atom is -0.366 e. The normalized spacial score (nSPS) is 13.9. The van der Waals surface area contributed by atoms with Crippen LogP contribution in [0, 0.1) is 10.1 Å². The largest absolute Gasteiger partial charge is 0.416 e. The average Bonchev–Trinajstić information content (AvgIpc) is 2.26. The zero-order chi connectivity index (χ0) is 15.7. The van der Waals surface area contributed by atoms with E-state index in [4.69, 9.17) is 9.79 Å². The Kier molecular flexibility index (Phi) is 4.42. The molecule has 0 aliphatic heterocycles. The van der Waals surface area contributed by atoms with Gasteiger partial charge in [0.15, 0.2) is 0 Å². The summed E-state index contributed by atoms with van der Waals surface area (Å²) in [5, 5.41) is 12.9. The topological polar surface area (TPSA) is 113 Å². The van der Waals surface area contributed by atoms with Gasteiger partial charge in [-0.1, -0.05) is 0 Å². The second-order valence-corrected chi connectivity index (χ2v) is 5.85. The van der Waals surface area contributed by atoms with E-state index >= 15 is 0 Å². The summed E-state index contributed by atoms with van der Waals surface area (Å²) in [6.07, 6.45) is -4.75. The molecule has 0 radical (unpaired) electrons. The summed E-state index contributed by atoms with van der Waals surface area (Å²) in [4.78, 5) is 27.4. The molecule has 1 aromatic carbocycles. The van der Waals surface area contributed by atoms with E-state index in [1.807, 2.05) is 0 Å². The molecule has 20 heavy (non-hydrogen) atoms. The highest BCUT2D eigenvalue weighted by Gasteiger charge is 2.34. The molecule has 0 saturated heterocycles. The minimum atomic E-state index is -4.75. The van der Waals surface area contributed by atoms with Gasteiger partial charge in [-0.2, -0.15) is 13.2 Å². The van der Waals surface area contributed by atoms with Crippen LogP contribution in [0.1, 0.15) is 12.5 Å². The Labute approximate surface area is 110 Å². The first-order valence-corrected chi connectivity index (χ1v) is 6.78. The number of benzene rings is 1. The fraction of sp³-hybridized carbons (Fsp3) is 0.333. The number of nitrogens with one attached hydrogen (secondary N) is 1. The number of halogens is 3. The van der Waals surface area contributed by atoms with Crippen LogP contribution in [0.3, 0.4) is 0 Å². The number of nitrogens with zero attached hydrogens (tertiary/aromatic N) is 1. The first-order valence-electron chi connectivity index (χ1n) is 5.10. The predicted molar refractivity (Wildman–Crippen MR) is 63.2 cm³/mol. The van der Waals surface area contributed by atoms with Gasteiger partial charge in [0.1, 0.15) is 11.5 Å². The molecule has 0 spiro atoms. The third-order valence-electron chi connectivity index (χ3n) is 2.39. The van der Waals surface area contributed by atoms with E-state index < -0.39 is 41.4 Å². The molecule has 0 heterocycles. The molecule has 0 fully saturated rings. The van der Waals surface area contributed by atoms with Crippen LogP contribution in [0.2, 0.25) is 0 Å². The van der Waals surface area contributed by atoms with E-state index in [9.17, 15) is 27.9 Å². The Morgan fingerprint density at radius 2 is 1.95 bits per heavy atom. The Bertz CT molecular complexity index is 571. The Balaban J connectivity index is 3.22. The molecule has 112 valence electrons. The van der Waals surface area contributed by atoms with Crippen LogP contribution >= 0.6 is 7.60 Å². The van der Waals surface area contributed by atoms with Crippen molar-refractivity contribution in [3.63, 3.8) is 0 Å². The van der Waals surface area contributed by atoms with Crippen molar-refractivity contribution in [3.8, 4) is 0 Å². The number of hydrogen-bond acceptors (Lipinski definition) is 4. The molecule has 0 bridgehead atoms. The fourth-order valence-electron chi connectivity index (χ4n) is 1.29. The van der Waals surface area contributed by atoms with Crippen LogP contribution in [0.5, 0.6) is 0 Å². The van der Waals surface area contributed by atoms with Crippen LogP contribution in [0.15, 0.2) is 18.2 Å². The van der Waals surface area contributed by atoms with Crippen molar-refractivity contribution in [3.05, 3.63) is 33.9 Å². The van der Waals surface area contributed by atoms with Gasteiger partial charge in [-0.25, -0.2) is 0 Å². The van der Waals surface area contributed by atoms with Crippen molar-refractivity contribution in [2.45, 2.75) is 18.9 Å². The third kappa shape index (κ3) is 3.92. The lowest BCUT2D eigenvalue weighted by atomic mass is 10.1. The van der Waals surface area contributed by atoms with Gasteiger partial charge in [0.25, 0.3) is 5.69 Å². The van der Waals surface area contributed by atoms with Crippen LogP contribution < -0.4 is 5.32 Å². The van der Waals surface area contributed by atoms with Gasteiger partial charge >= 0.3 is 13.8 Å². The maximum atomic E-state index is 12.4. The second-order valence-electron chi connectivity index (χ2n) is 3.90. The number of alkyl halides is 3. The van der Waals surface area contributed by atoms with Gasteiger partial charge in [-0.3, -0.25) is 14.7 Å². The van der Waals surface area contributed by atoms with Crippen molar-refractivity contribution >= 4 is 19.0 Å². The number of hydrogen-bond donors (Lipinski definition) is 3. The highest BCUT2D eigenvalue weighted by molar-refractivity contribution is 7.52. The lowest BCUT2D eigenvalue weighted by molar-refractivity contribution is -0.384. The number of rotatable bonds is 4. The number of anilines is 1. The highest BCUT2D eigenvalue weighted by Crippen LogP contribution is 2.43. The van der Waals surface area contributed by atoms with Crippen LogP contribution in [0.25, 0.3) is 0 Å². The van der Waals surface area contributed by atoms with Crippen LogP contribution in [-0.2, 0) is 10.7 Å². The van der Waals surface area contributed by atoms with Crippen LogP contribution in [-0.4, -0.2) is 20.5 Å². The number of nitro benzene ring substituents is 1. The zero-order valence-corrected chi connectivity index (χ0v) is 10.9. The second kappa shape index (κ2) is 5.39. The summed E-state index contributed by atoms with van der Waals surface area (Å²) in [7, 11) is -4.57. The predicted octanol–water partition coefficient (Wildman–Crippen LogP) is 2.55. The van der Waals surface area contributed by atoms with E-state index in [2.05, 4.69) is 5.32 Å². The molecule has 1 atom stereocenters. The molecule has 1 aromatic rings. The molecule has 1 rings (SSSR count). The smallest absolute Gasteiger partial charge is 0.366 e. The maximum Gasteiger partial charge on any atom is 0.416 e. The first-order chi connectivity index (χ1) is 8.93. The molecule has 0 aliphatic rings. The quantitative estimate of drug-likeness (QED) is 0.447. The summed E-state index contributed by atoms with van der Waals surface area (Å²) in [5.41, 5.74) is -2.54. The van der Waals surface area contributed by atoms with E-state index in [-0.39, 0.29) is 0 Å². The van der Waals surface area contributed by atoms with Crippen molar-refractivity contribution < 1.29 is 32.4 Å². The minimum absolute atomic E-state index is 0.300. The zero-order valence-electron chi connectivity index (χ0n) is 9.96. The summed E-state index contributed by atoms with van der Waals surface area (Å²) >= 11 is 0. The standard InChI is InChI=1S/C9H10F3N2O5P/c1-5(20(17,18)19)13-7-3-2-6(9(10,11)12)4-8(7)14(15)16/h2-5,13H,1H3,(H2,17,18,19). The Hall–Kier alpha value is -1.64. The van der Waals surface area contributed by atoms with Gasteiger partial charge in [-0.05, 0) is 19.1 Å². The lowest BCUT2D eigenvalue weighted by Crippen LogP contribution is -2.16. The van der Waals surface area contributed by atoms with Gasteiger partial charge in [0.05, 0.1) is 10.5 Å². The molecule has 3 N–H and O–H groups in total. The Morgan fingerprint density at radius 3 is 2.35 bits per heavy atom. The molecule has 0 aromatic heterocycles. The first kappa shape index (κ1) is 16.4. The van der Waals surface area contributed by atoms with Crippen molar-refractivity contribution in [2.75, 3.05) is 5.32 Å². The van der Waals surface area contributed by atoms with Gasteiger partial charge in [-0.15, -0.1) is 0 Å². The average molecular weight is 314 g/mol. The highest BCUT2D eigenvalue weighted by atomic mass is 31.2. The fourth-order valence-corrected chi connectivity index (χ4v) is 1.60. The third-order valence-corrected chi connectivity index (χ3v) is 3.53. The Morgan fingerprint density at radius 1 is 1.40 bits per heavy atom. The molecule has 0 amide bonds. The van der Waals surface area contributed by atoms with E-state index in [0.29, 0.717) is 12.1 Å². The van der Waals surface area contributed by atoms with E-state index in [0.717, 1.165) is 13.0 Å². The van der Waals surface area contributed by atoms with Gasteiger partial charge in [0, 0.05) is 6.07 Å². The van der Waals surface area contributed by atoms with E-state index in [1.54, 1.807) is 0 Å².